The van der Waals surface area contributed by atoms with Crippen molar-refractivity contribution in [1.82, 2.24) is 4.57 Å². The van der Waals surface area contributed by atoms with E-state index in [4.69, 9.17) is 11.0 Å². The number of hydrazine groups is 1. The third kappa shape index (κ3) is 6.75. The first-order chi connectivity index (χ1) is 25.2. The van der Waals surface area contributed by atoms with Gasteiger partial charge in [-0.2, -0.15) is 5.26 Å². The molecule has 0 fully saturated rings. The van der Waals surface area contributed by atoms with Crippen LogP contribution < -0.4 is 17.4 Å². The van der Waals surface area contributed by atoms with Crippen LogP contribution in [0.25, 0.3) is 58.8 Å². The summed E-state index contributed by atoms with van der Waals surface area (Å²) in [4.78, 5) is 0. The summed E-state index contributed by atoms with van der Waals surface area (Å²) in [5.41, 5.74) is 16.6. The lowest BCUT2D eigenvalue weighted by Crippen LogP contribution is -2.02. The highest BCUT2D eigenvalue weighted by molar-refractivity contribution is 7.26. The molecule has 248 valence electrons. The number of para-hydroxylation sites is 2. The van der Waals surface area contributed by atoms with E-state index < -0.39 is 0 Å². The minimum absolute atomic E-state index is 0.569. The maximum atomic E-state index is 8.67. The molecule has 9 rings (SSSR count). The van der Waals surface area contributed by atoms with Gasteiger partial charge in [-0.25, -0.2) is 0 Å². The summed E-state index contributed by atoms with van der Waals surface area (Å²) in [6, 6.07) is 59.6. The minimum Gasteiger partial charge on any atom is -0.326 e. The number of aromatic nitrogens is 1. The fraction of sp³-hybridized carbons (Fsp3) is 0.0444. The molecule has 9 aromatic rings. The molecule has 2 aromatic heterocycles. The molecule has 0 spiro atoms. The molecule has 6 heteroatoms. The summed E-state index contributed by atoms with van der Waals surface area (Å²) < 4.78 is 4.97. The van der Waals surface area contributed by atoms with Crippen LogP contribution in [-0.2, 0) is 13.0 Å². The highest BCUT2D eigenvalue weighted by Gasteiger charge is 2.14. The van der Waals surface area contributed by atoms with E-state index in [9.17, 15) is 0 Å². The van der Waals surface area contributed by atoms with Gasteiger partial charge >= 0.3 is 0 Å². The lowest BCUT2D eigenvalue weighted by atomic mass is 10.0. The van der Waals surface area contributed by atoms with Crippen LogP contribution in [0.1, 0.15) is 22.3 Å². The molecule has 0 aliphatic carbocycles. The molecule has 0 bridgehead atoms. The van der Waals surface area contributed by atoms with Gasteiger partial charge in [0.2, 0.25) is 0 Å². The van der Waals surface area contributed by atoms with Crippen molar-refractivity contribution in [2.24, 2.45) is 17.4 Å². The minimum atomic E-state index is 0.569. The fourth-order valence-corrected chi connectivity index (χ4v) is 8.00. The normalized spacial score (nSPS) is 10.8. The molecule has 0 saturated heterocycles. The number of rotatable bonds is 5. The first-order valence-electron chi connectivity index (χ1n) is 16.8. The lowest BCUT2D eigenvalue weighted by Gasteiger charge is -2.08. The molecule has 7 aromatic carbocycles. The van der Waals surface area contributed by atoms with Gasteiger partial charge in [0.25, 0.3) is 0 Å². The van der Waals surface area contributed by atoms with E-state index in [0.717, 1.165) is 6.42 Å². The highest BCUT2D eigenvalue weighted by atomic mass is 32.1. The van der Waals surface area contributed by atoms with Crippen molar-refractivity contribution in [2.75, 3.05) is 0 Å². The number of nitrogens with zero attached hydrogens (tertiary/aromatic N) is 2. The van der Waals surface area contributed by atoms with E-state index >= 15 is 0 Å². The monoisotopic (exact) mass is 679 g/mol. The van der Waals surface area contributed by atoms with Gasteiger partial charge < -0.3 is 10.3 Å². The summed E-state index contributed by atoms with van der Waals surface area (Å²) in [5, 5.41) is 13.8. The molecule has 0 unspecified atom stereocenters. The smallest absolute Gasteiger partial charge is 0.0991 e. The second kappa shape index (κ2) is 15.2. The van der Waals surface area contributed by atoms with Crippen molar-refractivity contribution in [3.63, 3.8) is 0 Å². The Morgan fingerprint density at radius 1 is 0.549 bits per heavy atom. The number of hydrogen-bond donors (Lipinski definition) is 3. The standard InChI is InChI=1S/C31H22N2S.C14H11N.H4N2/c32-19-22-7-6-11-26-25-15-13-21(18-30(25)34-31(22)26)20-14-16-29-27(17-20)24-10-4-5-12-28(24)33(29)23-8-2-1-3-9-23;15-11-14-8-6-13(7-9-14)10-12-4-2-1-3-5-12;1-2/h1-18H,19,32H2;1-9H,10H2;1-2H2. The maximum Gasteiger partial charge on any atom is 0.0991 e. The average Bonchev–Trinajstić information content (AvgIpc) is 3.75. The average molecular weight is 680 g/mol. The summed E-state index contributed by atoms with van der Waals surface area (Å²) in [6.07, 6.45) is 0.923. The molecule has 0 aliphatic rings. The zero-order valence-electron chi connectivity index (χ0n) is 28.0. The first kappa shape index (κ1) is 33.4. The van der Waals surface area contributed by atoms with Crippen LogP contribution in [0.2, 0.25) is 0 Å². The zero-order chi connectivity index (χ0) is 35.2. The second-order valence-electron chi connectivity index (χ2n) is 12.2. The third-order valence-corrected chi connectivity index (χ3v) is 10.4. The van der Waals surface area contributed by atoms with E-state index in [1.54, 1.807) is 0 Å². The Labute approximate surface area is 301 Å². The van der Waals surface area contributed by atoms with Crippen LogP contribution in [-0.4, -0.2) is 4.57 Å². The maximum absolute atomic E-state index is 8.67. The summed E-state index contributed by atoms with van der Waals surface area (Å²) in [7, 11) is 0. The number of benzene rings is 7. The molecule has 0 amide bonds. The van der Waals surface area contributed by atoms with Gasteiger partial charge in [-0.3, -0.25) is 11.7 Å². The number of hydrogen-bond acceptors (Lipinski definition) is 5. The van der Waals surface area contributed by atoms with E-state index in [2.05, 4.69) is 144 Å². The molecular formula is C45H37N5S. The molecule has 5 nitrogen and oxygen atoms in total. The number of nitriles is 1. The van der Waals surface area contributed by atoms with E-state index in [0.29, 0.717) is 12.1 Å². The highest BCUT2D eigenvalue weighted by Crippen LogP contribution is 2.39. The molecule has 6 N–H and O–H groups in total. The predicted octanol–water partition coefficient (Wildman–Crippen LogP) is 10.2. The molecule has 0 saturated carbocycles. The Bertz CT molecular complexity index is 2620. The Balaban J connectivity index is 0.000000201. The van der Waals surface area contributed by atoms with Gasteiger partial charge in [-0.1, -0.05) is 115 Å². The molecule has 0 radical (unpaired) electrons. The quantitative estimate of drug-likeness (QED) is 0.124. The van der Waals surface area contributed by atoms with Crippen LogP contribution in [0.3, 0.4) is 0 Å². The first-order valence-corrected chi connectivity index (χ1v) is 17.6. The molecule has 0 aliphatic heterocycles. The number of fused-ring (bicyclic) bond motifs is 6. The lowest BCUT2D eigenvalue weighted by molar-refractivity contribution is 1.09. The predicted molar refractivity (Wildman–Crippen MR) is 216 cm³/mol. The third-order valence-electron chi connectivity index (χ3n) is 9.15. The van der Waals surface area contributed by atoms with Crippen LogP contribution in [0.5, 0.6) is 0 Å². The van der Waals surface area contributed by atoms with Crippen molar-refractivity contribution in [2.45, 2.75) is 13.0 Å². The summed E-state index contributed by atoms with van der Waals surface area (Å²) >= 11 is 1.85. The summed E-state index contributed by atoms with van der Waals surface area (Å²) in [5.74, 6) is 8.00. The van der Waals surface area contributed by atoms with Gasteiger partial charge in [0.05, 0.1) is 22.7 Å². The van der Waals surface area contributed by atoms with Gasteiger partial charge in [-0.05, 0) is 82.8 Å². The van der Waals surface area contributed by atoms with Gasteiger partial charge in [0.15, 0.2) is 0 Å². The summed E-state index contributed by atoms with van der Waals surface area (Å²) in [6.45, 7) is 0.569. The Morgan fingerprint density at radius 2 is 1.18 bits per heavy atom. The van der Waals surface area contributed by atoms with Gasteiger partial charge in [0, 0.05) is 43.2 Å². The topological polar surface area (TPSA) is 107 Å². The molecular weight excluding hydrogens is 643 g/mol. The van der Waals surface area contributed by atoms with Crippen molar-refractivity contribution in [3.05, 3.63) is 186 Å². The van der Waals surface area contributed by atoms with Crippen LogP contribution >= 0.6 is 11.3 Å². The van der Waals surface area contributed by atoms with Crippen LogP contribution in [0.4, 0.5) is 0 Å². The van der Waals surface area contributed by atoms with E-state index in [-0.39, 0.29) is 0 Å². The molecule has 2 heterocycles. The van der Waals surface area contributed by atoms with Crippen LogP contribution in [0.15, 0.2) is 164 Å². The van der Waals surface area contributed by atoms with Gasteiger partial charge in [-0.15, -0.1) is 11.3 Å². The SMILES string of the molecule is N#Cc1ccc(Cc2ccccc2)cc1.NCc1cccc2c1sc1cc(-c3ccc4c(c3)c3ccccc3n4-c3ccccc3)ccc12.NN. The molecule has 51 heavy (non-hydrogen) atoms. The largest absolute Gasteiger partial charge is 0.326 e. The van der Waals surface area contributed by atoms with Crippen LogP contribution in [0, 0.1) is 11.3 Å². The van der Waals surface area contributed by atoms with E-state index in [1.807, 2.05) is 53.8 Å². The molecule has 0 atom stereocenters. The van der Waals surface area contributed by atoms with Crippen molar-refractivity contribution in [1.29, 1.82) is 5.26 Å². The van der Waals surface area contributed by atoms with Crippen molar-refractivity contribution >= 4 is 53.3 Å². The number of thiophene rings is 1. The Kier molecular flexibility index (Phi) is 9.98. The van der Waals surface area contributed by atoms with Crippen molar-refractivity contribution in [3.8, 4) is 22.9 Å². The fourth-order valence-electron chi connectivity index (χ4n) is 6.73. The van der Waals surface area contributed by atoms with Gasteiger partial charge in [0.1, 0.15) is 0 Å². The van der Waals surface area contributed by atoms with Crippen molar-refractivity contribution < 1.29 is 0 Å². The zero-order valence-corrected chi connectivity index (χ0v) is 28.9. The van der Waals surface area contributed by atoms with E-state index in [1.165, 1.54) is 75.5 Å². The number of nitrogens with two attached hydrogens (primary N) is 3. The Hall–Kier alpha value is -6.07. The second-order valence-corrected chi connectivity index (χ2v) is 13.3. The Morgan fingerprint density at radius 3 is 1.92 bits per heavy atom.